The van der Waals surface area contributed by atoms with Gasteiger partial charge in [-0.1, -0.05) is 12.8 Å². The third-order valence-electron chi connectivity index (χ3n) is 5.57. The molecule has 1 aliphatic rings. The van der Waals surface area contributed by atoms with Gasteiger partial charge in [0.05, 0.1) is 0 Å². The predicted molar refractivity (Wildman–Crippen MR) is 124 cm³/mol. The van der Waals surface area contributed by atoms with E-state index in [1.54, 1.807) is 7.11 Å². The number of halogens is 1. The molecule has 1 rings (SSSR count). The third-order valence-corrected chi connectivity index (χ3v) is 5.57. The van der Waals surface area contributed by atoms with Crippen molar-refractivity contribution >= 4 is 29.9 Å². The van der Waals surface area contributed by atoms with Crippen molar-refractivity contribution in [3.05, 3.63) is 0 Å². The lowest BCUT2D eigenvalue weighted by molar-refractivity contribution is 0.138. The quantitative estimate of drug-likeness (QED) is 0.203. The molecule has 1 aliphatic carbocycles. The number of nitrogens with zero attached hydrogens (tertiary/aromatic N) is 2. The van der Waals surface area contributed by atoms with Crippen LogP contribution in [0.25, 0.3) is 0 Å². The number of hydrogen-bond acceptors (Lipinski definition) is 3. The number of guanidine groups is 1. The Bertz CT molecular complexity index is 374. The van der Waals surface area contributed by atoms with Crippen LogP contribution >= 0.6 is 24.0 Å². The maximum Gasteiger partial charge on any atom is 0.190 e. The maximum atomic E-state index is 5.32. The van der Waals surface area contributed by atoms with Crippen molar-refractivity contribution in [2.24, 2.45) is 10.4 Å². The van der Waals surface area contributed by atoms with Crippen LogP contribution in [-0.2, 0) is 4.74 Å². The van der Waals surface area contributed by atoms with Gasteiger partial charge in [0.2, 0.25) is 0 Å². The van der Waals surface area contributed by atoms with E-state index in [4.69, 9.17) is 4.74 Å². The second-order valence-corrected chi connectivity index (χ2v) is 8.08. The Kier molecular flexibility index (Phi) is 14.0. The first kappa shape index (κ1) is 25.9. The largest absolute Gasteiger partial charge is 0.385 e. The van der Waals surface area contributed by atoms with Crippen LogP contribution in [0.4, 0.5) is 0 Å². The minimum Gasteiger partial charge on any atom is -0.385 e. The Labute approximate surface area is 179 Å². The monoisotopic (exact) mass is 482 g/mol. The summed E-state index contributed by atoms with van der Waals surface area (Å²) in [7, 11) is 3.66. The van der Waals surface area contributed by atoms with Crippen molar-refractivity contribution in [2.75, 3.05) is 40.4 Å². The van der Waals surface area contributed by atoms with Crippen molar-refractivity contribution in [1.29, 1.82) is 0 Å². The van der Waals surface area contributed by atoms with Gasteiger partial charge in [0.15, 0.2) is 5.96 Å². The van der Waals surface area contributed by atoms with Crippen LogP contribution in [0, 0.1) is 5.41 Å². The lowest BCUT2D eigenvalue weighted by Crippen LogP contribution is -2.44. The van der Waals surface area contributed by atoms with E-state index in [1.165, 1.54) is 25.7 Å². The molecule has 0 amide bonds. The molecule has 0 aromatic carbocycles. The fraction of sp³-hybridized carbons (Fsp3) is 0.950. The summed E-state index contributed by atoms with van der Waals surface area (Å²) in [4.78, 5) is 6.93. The summed E-state index contributed by atoms with van der Waals surface area (Å²) >= 11 is 0. The lowest BCUT2D eigenvalue weighted by Gasteiger charge is -2.31. The van der Waals surface area contributed by atoms with E-state index in [0.29, 0.717) is 17.5 Å². The molecular weight excluding hydrogens is 439 g/mol. The summed E-state index contributed by atoms with van der Waals surface area (Å²) in [5, 5.41) is 7.05. The number of hydrogen-bond donors (Lipinski definition) is 2. The first-order valence-corrected chi connectivity index (χ1v) is 10.1. The first-order chi connectivity index (χ1) is 11.9. The molecule has 0 spiro atoms. The molecule has 0 aromatic heterocycles. The van der Waals surface area contributed by atoms with Crippen molar-refractivity contribution < 1.29 is 4.74 Å². The highest BCUT2D eigenvalue weighted by atomic mass is 127. The number of ether oxygens (including phenoxy) is 1. The minimum atomic E-state index is 0. The van der Waals surface area contributed by atoms with E-state index < -0.39 is 0 Å². The second-order valence-electron chi connectivity index (χ2n) is 8.08. The molecule has 0 heterocycles. The maximum absolute atomic E-state index is 5.32. The fourth-order valence-electron chi connectivity index (χ4n) is 4.03. The van der Waals surface area contributed by atoms with Crippen molar-refractivity contribution in [1.82, 2.24) is 15.5 Å². The molecular formula is C20H43IN4O. The minimum absolute atomic E-state index is 0. The summed E-state index contributed by atoms with van der Waals surface area (Å²) in [5.74, 6) is 0.935. The zero-order valence-corrected chi connectivity index (χ0v) is 20.3. The summed E-state index contributed by atoms with van der Waals surface area (Å²) < 4.78 is 5.32. The van der Waals surface area contributed by atoms with Gasteiger partial charge in [0.25, 0.3) is 0 Å². The summed E-state index contributed by atoms with van der Waals surface area (Å²) in [6.07, 6.45) is 7.57. The average molecular weight is 482 g/mol. The molecule has 26 heavy (non-hydrogen) atoms. The Hall–Kier alpha value is -0.0800. The molecule has 0 aromatic rings. The van der Waals surface area contributed by atoms with E-state index in [-0.39, 0.29) is 24.0 Å². The molecule has 2 N–H and O–H groups in total. The molecule has 0 aliphatic heterocycles. The van der Waals surface area contributed by atoms with E-state index in [9.17, 15) is 0 Å². The van der Waals surface area contributed by atoms with Gasteiger partial charge < -0.3 is 15.4 Å². The standard InChI is InChI=1S/C20H42N4O.HI/c1-17(2)24(18(3)4)14-9-13-22-19(21-5)23-16-20(12-15-25-6)10-7-8-11-20;/h17-18H,7-16H2,1-6H3,(H2,21,22,23);1H. The van der Waals surface area contributed by atoms with Crippen LogP contribution in [0.5, 0.6) is 0 Å². The van der Waals surface area contributed by atoms with Crippen LogP contribution < -0.4 is 10.6 Å². The van der Waals surface area contributed by atoms with E-state index in [0.717, 1.165) is 45.0 Å². The molecule has 0 saturated heterocycles. The molecule has 5 nitrogen and oxygen atoms in total. The van der Waals surface area contributed by atoms with E-state index in [1.807, 2.05) is 7.05 Å². The topological polar surface area (TPSA) is 48.9 Å². The summed E-state index contributed by atoms with van der Waals surface area (Å²) in [6, 6.07) is 1.20. The molecule has 1 saturated carbocycles. The SMILES string of the molecule is CN=C(NCCCN(C(C)C)C(C)C)NCC1(CCOC)CCCC1.I. The Balaban J connectivity index is 0.00000625. The summed E-state index contributed by atoms with van der Waals surface area (Å²) in [6.45, 7) is 13.0. The Morgan fingerprint density at radius 2 is 1.73 bits per heavy atom. The fourth-order valence-corrected chi connectivity index (χ4v) is 4.03. The molecule has 6 heteroatoms. The van der Waals surface area contributed by atoms with Crippen molar-refractivity contribution in [2.45, 2.75) is 78.3 Å². The van der Waals surface area contributed by atoms with Gasteiger partial charge in [-0.2, -0.15) is 0 Å². The Morgan fingerprint density at radius 1 is 1.12 bits per heavy atom. The van der Waals surface area contributed by atoms with Gasteiger partial charge in [0, 0.05) is 52.5 Å². The zero-order valence-electron chi connectivity index (χ0n) is 17.9. The number of rotatable bonds is 11. The van der Waals surface area contributed by atoms with Gasteiger partial charge in [0.1, 0.15) is 0 Å². The van der Waals surface area contributed by atoms with Gasteiger partial charge in [-0.05, 0) is 58.8 Å². The van der Waals surface area contributed by atoms with E-state index in [2.05, 4.69) is 48.2 Å². The lowest BCUT2D eigenvalue weighted by atomic mass is 9.83. The van der Waals surface area contributed by atoms with E-state index >= 15 is 0 Å². The second kappa shape index (κ2) is 14.0. The van der Waals surface area contributed by atoms with Gasteiger partial charge in [-0.15, -0.1) is 24.0 Å². The van der Waals surface area contributed by atoms with Gasteiger partial charge >= 0.3 is 0 Å². The predicted octanol–water partition coefficient (Wildman–Crippen LogP) is 3.88. The van der Waals surface area contributed by atoms with Crippen LogP contribution in [0.15, 0.2) is 4.99 Å². The van der Waals surface area contributed by atoms with Crippen LogP contribution in [-0.4, -0.2) is 63.3 Å². The highest BCUT2D eigenvalue weighted by Gasteiger charge is 2.33. The smallest absolute Gasteiger partial charge is 0.190 e. The van der Waals surface area contributed by atoms with Crippen molar-refractivity contribution in [3.63, 3.8) is 0 Å². The first-order valence-electron chi connectivity index (χ1n) is 10.1. The normalized spacial score (nSPS) is 17.0. The molecule has 156 valence electrons. The Morgan fingerprint density at radius 3 is 2.23 bits per heavy atom. The highest BCUT2D eigenvalue weighted by Crippen LogP contribution is 2.40. The summed E-state index contributed by atoms with van der Waals surface area (Å²) in [5.41, 5.74) is 0.389. The van der Waals surface area contributed by atoms with Crippen molar-refractivity contribution in [3.8, 4) is 0 Å². The van der Waals surface area contributed by atoms with Crippen LogP contribution in [0.2, 0.25) is 0 Å². The molecule has 0 radical (unpaired) electrons. The number of nitrogens with one attached hydrogen (secondary N) is 2. The van der Waals surface area contributed by atoms with Gasteiger partial charge in [-0.3, -0.25) is 9.89 Å². The highest BCUT2D eigenvalue weighted by molar-refractivity contribution is 14.0. The zero-order chi connectivity index (χ0) is 18.7. The molecule has 0 unspecified atom stereocenters. The average Bonchev–Trinajstić information content (AvgIpc) is 3.04. The molecule has 1 fully saturated rings. The molecule has 0 bridgehead atoms. The third kappa shape index (κ3) is 9.22. The number of aliphatic imine (C=N–C) groups is 1. The number of methoxy groups -OCH3 is 1. The van der Waals surface area contributed by atoms with Crippen LogP contribution in [0.1, 0.15) is 66.2 Å². The molecule has 0 atom stereocenters. The van der Waals surface area contributed by atoms with Gasteiger partial charge in [-0.25, -0.2) is 0 Å². The van der Waals surface area contributed by atoms with Crippen LogP contribution in [0.3, 0.4) is 0 Å².